The number of fused-ring (bicyclic) bond motifs is 1. The monoisotopic (exact) mass is 382 g/mol. The number of pyridine rings is 1. The van der Waals surface area contributed by atoms with Gasteiger partial charge in [0.15, 0.2) is 0 Å². The van der Waals surface area contributed by atoms with Gasteiger partial charge in [-0.25, -0.2) is 14.8 Å². The van der Waals surface area contributed by atoms with Crippen LogP contribution in [0, 0.1) is 5.92 Å². The van der Waals surface area contributed by atoms with Gasteiger partial charge in [0.25, 0.3) is 5.91 Å². The van der Waals surface area contributed by atoms with Gasteiger partial charge in [-0.1, -0.05) is 6.92 Å². The molecule has 0 saturated heterocycles. The van der Waals surface area contributed by atoms with Crippen molar-refractivity contribution in [3.8, 4) is 0 Å². The Bertz CT molecular complexity index is 942. The van der Waals surface area contributed by atoms with Gasteiger partial charge < -0.3 is 5.11 Å². The molecule has 1 aromatic heterocycles. The fourth-order valence-electron chi connectivity index (χ4n) is 3.11. The van der Waals surface area contributed by atoms with Gasteiger partial charge in [0.1, 0.15) is 5.69 Å². The first-order valence-electron chi connectivity index (χ1n) is 8.16. The molecular weight excluding hydrogens is 365 g/mol. The third-order valence-electron chi connectivity index (χ3n) is 4.79. The number of carbonyl (C=O) groups excluding carboxylic acids is 1. The number of alkyl halides is 3. The average Bonchev–Trinajstić information content (AvgIpc) is 3.34. The molecule has 1 amide bonds. The Kier molecular flexibility index (Phi) is 4.59. The molecule has 1 aromatic carbocycles. The fourth-order valence-corrected chi connectivity index (χ4v) is 3.11. The number of halogens is 3. The largest absolute Gasteiger partial charge is 0.477 e. The Hall–Kier alpha value is -2.68. The molecule has 1 N–H and O–H groups in total. The Labute approximate surface area is 152 Å². The van der Waals surface area contributed by atoms with Crippen molar-refractivity contribution >= 4 is 22.8 Å². The molecule has 1 aliphatic rings. The number of hydrogen-bond acceptors (Lipinski definition) is 4. The van der Waals surface area contributed by atoms with E-state index in [2.05, 4.69) is 4.98 Å². The van der Waals surface area contributed by atoms with Crippen LogP contribution in [0.25, 0.3) is 10.9 Å². The summed E-state index contributed by atoms with van der Waals surface area (Å²) >= 11 is 0. The molecule has 3 rings (SSSR count). The highest BCUT2D eigenvalue weighted by Gasteiger charge is 2.39. The number of rotatable bonds is 4. The predicted molar refractivity (Wildman–Crippen MR) is 89.3 cm³/mol. The fraction of sp³-hybridized carbons (Fsp3) is 0.389. The molecule has 0 spiro atoms. The van der Waals surface area contributed by atoms with Crippen molar-refractivity contribution in [2.75, 3.05) is 14.2 Å². The van der Waals surface area contributed by atoms with Crippen LogP contribution in [0.2, 0.25) is 0 Å². The maximum atomic E-state index is 13.7. The molecule has 144 valence electrons. The van der Waals surface area contributed by atoms with E-state index in [1.165, 1.54) is 20.2 Å². The SMILES string of the molecule is CON(C)C(=O)c1cc(C(=O)O)nc2c(C(F)(F)F)cc(C3CC3C)cc12. The summed E-state index contributed by atoms with van der Waals surface area (Å²) in [6.45, 7) is 1.93. The van der Waals surface area contributed by atoms with Crippen LogP contribution in [0.5, 0.6) is 0 Å². The minimum absolute atomic E-state index is 0.0299. The number of carboxylic acids is 1. The molecule has 1 saturated carbocycles. The summed E-state index contributed by atoms with van der Waals surface area (Å²) in [5.41, 5.74) is -2.00. The molecule has 0 bridgehead atoms. The van der Waals surface area contributed by atoms with Gasteiger partial charge in [-0.05, 0) is 42.0 Å². The summed E-state index contributed by atoms with van der Waals surface area (Å²) in [5, 5.41) is 10.0. The van der Waals surface area contributed by atoms with Crippen molar-refractivity contribution in [1.29, 1.82) is 0 Å². The second-order valence-electron chi connectivity index (χ2n) is 6.63. The Morgan fingerprint density at radius 1 is 1.30 bits per heavy atom. The highest BCUT2D eigenvalue weighted by Crippen LogP contribution is 2.49. The van der Waals surface area contributed by atoms with Crippen molar-refractivity contribution in [3.63, 3.8) is 0 Å². The topological polar surface area (TPSA) is 79.7 Å². The second kappa shape index (κ2) is 6.49. The number of nitrogens with zero attached hydrogens (tertiary/aromatic N) is 2. The van der Waals surface area contributed by atoms with Crippen molar-refractivity contribution in [2.45, 2.75) is 25.4 Å². The number of hydrogen-bond donors (Lipinski definition) is 1. The predicted octanol–water partition coefficient (Wildman–Crippen LogP) is 3.71. The molecule has 2 unspecified atom stereocenters. The minimum atomic E-state index is -4.75. The van der Waals surface area contributed by atoms with Gasteiger partial charge in [0, 0.05) is 12.4 Å². The highest BCUT2D eigenvalue weighted by atomic mass is 19.4. The van der Waals surface area contributed by atoms with Crippen LogP contribution in [0.15, 0.2) is 18.2 Å². The summed E-state index contributed by atoms with van der Waals surface area (Å²) in [5.74, 6) is -2.08. The van der Waals surface area contributed by atoms with Crippen LogP contribution in [0.3, 0.4) is 0 Å². The van der Waals surface area contributed by atoms with Crippen LogP contribution in [-0.4, -0.2) is 41.2 Å². The number of carboxylic acid groups (broad SMARTS) is 1. The zero-order valence-corrected chi connectivity index (χ0v) is 14.8. The first-order valence-corrected chi connectivity index (χ1v) is 8.16. The average molecular weight is 382 g/mol. The summed E-state index contributed by atoms with van der Waals surface area (Å²) in [4.78, 5) is 32.4. The molecule has 0 radical (unpaired) electrons. The van der Waals surface area contributed by atoms with Gasteiger partial charge in [0.05, 0.1) is 23.8 Å². The van der Waals surface area contributed by atoms with E-state index in [0.717, 1.165) is 23.6 Å². The van der Waals surface area contributed by atoms with Crippen LogP contribution >= 0.6 is 0 Å². The maximum absolute atomic E-state index is 13.7. The zero-order valence-electron chi connectivity index (χ0n) is 14.8. The Morgan fingerprint density at radius 2 is 1.93 bits per heavy atom. The van der Waals surface area contributed by atoms with Gasteiger partial charge in [-0.2, -0.15) is 13.2 Å². The lowest BCUT2D eigenvalue weighted by Gasteiger charge is -2.18. The van der Waals surface area contributed by atoms with E-state index in [0.29, 0.717) is 5.56 Å². The lowest BCUT2D eigenvalue weighted by molar-refractivity contribution is -0.136. The maximum Gasteiger partial charge on any atom is 0.418 e. The van der Waals surface area contributed by atoms with Gasteiger partial charge in [0.2, 0.25) is 0 Å². The lowest BCUT2D eigenvalue weighted by atomic mass is 9.97. The summed E-state index contributed by atoms with van der Waals surface area (Å²) in [7, 11) is 2.50. The second-order valence-corrected chi connectivity index (χ2v) is 6.63. The van der Waals surface area contributed by atoms with E-state index < -0.39 is 34.8 Å². The molecule has 6 nitrogen and oxygen atoms in total. The molecule has 27 heavy (non-hydrogen) atoms. The van der Waals surface area contributed by atoms with E-state index in [1.807, 2.05) is 6.92 Å². The summed E-state index contributed by atoms with van der Waals surface area (Å²) in [6, 6.07) is 3.47. The number of amides is 1. The molecule has 1 aliphatic carbocycles. The smallest absolute Gasteiger partial charge is 0.418 e. The molecule has 2 atom stereocenters. The van der Waals surface area contributed by atoms with Gasteiger partial charge in [-0.3, -0.25) is 9.63 Å². The van der Waals surface area contributed by atoms with E-state index in [1.54, 1.807) is 0 Å². The third-order valence-corrected chi connectivity index (χ3v) is 4.79. The molecule has 1 fully saturated rings. The minimum Gasteiger partial charge on any atom is -0.477 e. The first kappa shape index (κ1) is 19.1. The van der Waals surface area contributed by atoms with E-state index in [9.17, 15) is 27.9 Å². The van der Waals surface area contributed by atoms with Crippen molar-refractivity contribution in [2.24, 2.45) is 5.92 Å². The van der Waals surface area contributed by atoms with Crippen LogP contribution in [0.4, 0.5) is 13.2 Å². The van der Waals surface area contributed by atoms with E-state index in [4.69, 9.17) is 4.84 Å². The quantitative estimate of drug-likeness (QED) is 0.816. The Morgan fingerprint density at radius 3 is 2.41 bits per heavy atom. The van der Waals surface area contributed by atoms with Crippen molar-refractivity contribution in [3.05, 3.63) is 40.6 Å². The summed E-state index contributed by atoms with van der Waals surface area (Å²) < 4.78 is 41.0. The van der Waals surface area contributed by atoms with Crippen LogP contribution in [-0.2, 0) is 11.0 Å². The third kappa shape index (κ3) is 3.46. The van der Waals surface area contributed by atoms with Crippen LogP contribution < -0.4 is 0 Å². The van der Waals surface area contributed by atoms with Crippen molar-refractivity contribution in [1.82, 2.24) is 10.0 Å². The summed E-state index contributed by atoms with van der Waals surface area (Å²) in [6.07, 6.45) is -3.99. The normalized spacial score (nSPS) is 19.2. The van der Waals surface area contributed by atoms with Crippen LogP contribution in [0.1, 0.15) is 51.2 Å². The number of aromatic carboxylic acids is 1. The molecule has 9 heteroatoms. The van der Waals surface area contributed by atoms with Gasteiger partial charge in [-0.15, -0.1) is 0 Å². The molecular formula is C18H17F3N2O4. The highest BCUT2D eigenvalue weighted by molar-refractivity contribution is 6.08. The number of carbonyl (C=O) groups is 2. The molecule has 2 aromatic rings. The standard InChI is InChI=1S/C18H17F3N2O4/c1-8-4-10(8)9-5-11-12(16(24)23(2)27-3)7-14(17(25)26)22-15(11)13(6-9)18(19,20)21/h5-8,10H,4H2,1-3H3,(H,25,26). The first-order chi connectivity index (χ1) is 12.5. The van der Waals surface area contributed by atoms with Gasteiger partial charge >= 0.3 is 12.1 Å². The number of aromatic nitrogens is 1. The Balaban J connectivity index is 2.38. The van der Waals surface area contributed by atoms with Crippen molar-refractivity contribution < 1.29 is 32.7 Å². The molecule has 0 aliphatic heterocycles. The lowest BCUT2D eigenvalue weighted by Crippen LogP contribution is -2.26. The number of benzene rings is 1. The van der Waals surface area contributed by atoms with E-state index in [-0.39, 0.29) is 22.8 Å². The zero-order chi connectivity index (χ0) is 20.1. The van der Waals surface area contributed by atoms with E-state index >= 15 is 0 Å². The number of hydroxylamine groups is 2. The molecule has 1 heterocycles.